The van der Waals surface area contributed by atoms with Crippen molar-refractivity contribution in [2.75, 3.05) is 0 Å². The summed E-state index contributed by atoms with van der Waals surface area (Å²) in [5, 5.41) is 0. The van der Waals surface area contributed by atoms with Crippen molar-refractivity contribution in [3.63, 3.8) is 0 Å². The molecule has 1 unspecified atom stereocenters. The van der Waals surface area contributed by atoms with E-state index >= 15 is 0 Å². The molecule has 0 saturated carbocycles. The molecule has 0 saturated heterocycles. The van der Waals surface area contributed by atoms with E-state index in [1.165, 1.54) is 11.1 Å². The van der Waals surface area contributed by atoms with Crippen LogP contribution in [0.15, 0.2) is 60.7 Å². The van der Waals surface area contributed by atoms with Crippen molar-refractivity contribution in [3.05, 3.63) is 71.8 Å². The number of carbonyl (C=O) groups excluding carboxylic acids is 1. The third-order valence-corrected chi connectivity index (χ3v) is 3.35. The lowest BCUT2D eigenvalue weighted by Crippen LogP contribution is -2.06. The molecule has 0 fully saturated rings. The van der Waals surface area contributed by atoms with Gasteiger partial charge in [0.1, 0.15) is 0 Å². The van der Waals surface area contributed by atoms with Crippen molar-refractivity contribution in [1.29, 1.82) is 0 Å². The van der Waals surface area contributed by atoms with E-state index in [4.69, 9.17) is 0 Å². The van der Waals surface area contributed by atoms with Gasteiger partial charge in [0, 0.05) is 5.92 Å². The van der Waals surface area contributed by atoms with Gasteiger partial charge in [-0.3, -0.25) is 4.79 Å². The molecule has 1 heteroatoms. The Bertz CT molecular complexity index is 476. The summed E-state index contributed by atoms with van der Waals surface area (Å²) in [4.78, 5) is 11.0. The highest BCUT2D eigenvalue weighted by molar-refractivity contribution is 5.55. The molecule has 0 aliphatic rings. The van der Waals surface area contributed by atoms with Crippen LogP contribution < -0.4 is 0 Å². The summed E-state index contributed by atoms with van der Waals surface area (Å²) >= 11 is 0. The van der Waals surface area contributed by atoms with Crippen LogP contribution in [0.5, 0.6) is 0 Å². The SMILES string of the molecule is O=[C]C(CCCc1ccccc1)Cc1ccccc1. The summed E-state index contributed by atoms with van der Waals surface area (Å²) in [6, 6.07) is 20.6. The molecule has 2 aromatic rings. The first-order valence-electron chi connectivity index (χ1n) is 6.84. The van der Waals surface area contributed by atoms with Crippen molar-refractivity contribution in [2.24, 2.45) is 5.92 Å². The Morgan fingerprint density at radius 1 is 0.842 bits per heavy atom. The summed E-state index contributed by atoms with van der Waals surface area (Å²) in [5.74, 6) is 0.0195. The zero-order chi connectivity index (χ0) is 13.3. The van der Waals surface area contributed by atoms with E-state index in [1.807, 2.05) is 24.3 Å². The lowest BCUT2D eigenvalue weighted by molar-refractivity contribution is 0.496. The van der Waals surface area contributed by atoms with Gasteiger partial charge in [-0.2, -0.15) is 0 Å². The normalized spacial score (nSPS) is 12.0. The first-order valence-corrected chi connectivity index (χ1v) is 6.84. The molecule has 0 aliphatic carbocycles. The summed E-state index contributed by atoms with van der Waals surface area (Å²) in [5.41, 5.74) is 2.56. The second kappa shape index (κ2) is 7.52. The van der Waals surface area contributed by atoms with Crippen molar-refractivity contribution < 1.29 is 4.79 Å². The van der Waals surface area contributed by atoms with Crippen LogP contribution >= 0.6 is 0 Å². The Morgan fingerprint density at radius 2 is 1.42 bits per heavy atom. The molecule has 0 heterocycles. The number of benzene rings is 2. The van der Waals surface area contributed by atoms with E-state index in [0.717, 1.165) is 25.7 Å². The van der Waals surface area contributed by atoms with Crippen LogP contribution in [0.1, 0.15) is 24.0 Å². The van der Waals surface area contributed by atoms with Crippen molar-refractivity contribution >= 4 is 6.29 Å². The van der Waals surface area contributed by atoms with Gasteiger partial charge in [0.25, 0.3) is 0 Å². The van der Waals surface area contributed by atoms with Crippen LogP contribution in [0.3, 0.4) is 0 Å². The monoisotopic (exact) mass is 251 g/mol. The van der Waals surface area contributed by atoms with Crippen LogP contribution in [0.4, 0.5) is 0 Å². The molecular formula is C18H19O. The molecule has 1 nitrogen and oxygen atoms in total. The lowest BCUT2D eigenvalue weighted by Gasteiger charge is -2.09. The fourth-order valence-electron chi connectivity index (χ4n) is 2.30. The minimum absolute atomic E-state index is 0.0195. The standard InChI is InChI=1S/C18H19O/c19-15-18(14-17-10-5-2-6-11-17)13-7-12-16-8-3-1-4-9-16/h1-6,8-11,18H,7,12-14H2. The van der Waals surface area contributed by atoms with Gasteiger partial charge in [0.15, 0.2) is 0 Å². The quantitative estimate of drug-likeness (QED) is 0.727. The largest absolute Gasteiger partial charge is 0.291 e. The van der Waals surface area contributed by atoms with Crippen molar-refractivity contribution in [2.45, 2.75) is 25.7 Å². The van der Waals surface area contributed by atoms with E-state index in [-0.39, 0.29) is 5.92 Å². The van der Waals surface area contributed by atoms with E-state index in [9.17, 15) is 4.79 Å². The van der Waals surface area contributed by atoms with Crippen LogP contribution in [-0.2, 0) is 17.6 Å². The molecule has 0 N–H and O–H groups in total. The van der Waals surface area contributed by atoms with Crippen LogP contribution in [-0.4, -0.2) is 6.29 Å². The minimum Gasteiger partial charge on any atom is -0.291 e. The Kier molecular flexibility index (Phi) is 5.36. The summed E-state index contributed by atoms with van der Waals surface area (Å²) in [7, 11) is 0. The van der Waals surface area contributed by atoms with Gasteiger partial charge >= 0.3 is 0 Å². The third-order valence-electron chi connectivity index (χ3n) is 3.35. The molecule has 0 aliphatic heterocycles. The topological polar surface area (TPSA) is 17.1 Å². The van der Waals surface area contributed by atoms with Gasteiger partial charge in [0.2, 0.25) is 6.29 Å². The van der Waals surface area contributed by atoms with E-state index in [2.05, 4.69) is 42.7 Å². The van der Waals surface area contributed by atoms with Crippen LogP contribution in [0, 0.1) is 5.92 Å². The van der Waals surface area contributed by atoms with Gasteiger partial charge in [-0.25, -0.2) is 0 Å². The van der Waals surface area contributed by atoms with Crippen LogP contribution in [0.25, 0.3) is 0 Å². The Labute approximate surface area is 115 Å². The molecule has 1 atom stereocenters. The molecule has 0 amide bonds. The van der Waals surface area contributed by atoms with Crippen molar-refractivity contribution in [1.82, 2.24) is 0 Å². The predicted molar refractivity (Wildman–Crippen MR) is 78.7 cm³/mol. The maximum atomic E-state index is 11.0. The Morgan fingerprint density at radius 3 is 2.00 bits per heavy atom. The highest BCUT2D eigenvalue weighted by atomic mass is 16.1. The van der Waals surface area contributed by atoms with Gasteiger partial charge < -0.3 is 0 Å². The van der Waals surface area contributed by atoms with E-state index in [1.54, 1.807) is 0 Å². The zero-order valence-electron chi connectivity index (χ0n) is 11.1. The first kappa shape index (κ1) is 13.5. The molecule has 97 valence electrons. The fourth-order valence-corrected chi connectivity index (χ4v) is 2.30. The molecule has 0 bridgehead atoms. The number of aryl methyl sites for hydroxylation is 1. The summed E-state index contributed by atoms with van der Waals surface area (Å²) < 4.78 is 0. The third kappa shape index (κ3) is 4.70. The fraction of sp³-hybridized carbons (Fsp3) is 0.278. The maximum absolute atomic E-state index is 11.0. The van der Waals surface area contributed by atoms with Crippen LogP contribution in [0.2, 0.25) is 0 Å². The van der Waals surface area contributed by atoms with Gasteiger partial charge in [-0.15, -0.1) is 0 Å². The van der Waals surface area contributed by atoms with E-state index in [0.29, 0.717) is 0 Å². The first-order chi connectivity index (χ1) is 9.38. The summed E-state index contributed by atoms with van der Waals surface area (Å²) in [6.07, 6.45) is 5.98. The number of hydrogen-bond donors (Lipinski definition) is 0. The highest BCUT2D eigenvalue weighted by Crippen LogP contribution is 2.14. The molecule has 2 aromatic carbocycles. The van der Waals surface area contributed by atoms with E-state index < -0.39 is 0 Å². The number of hydrogen-bond acceptors (Lipinski definition) is 1. The lowest BCUT2D eigenvalue weighted by atomic mass is 9.94. The molecule has 19 heavy (non-hydrogen) atoms. The summed E-state index contributed by atoms with van der Waals surface area (Å²) in [6.45, 7) is 0. The average molecular weight is 251 g/mol. The minimum atomic E-state index is 0.0195. The smallest absolute Gasteiger partial charge is 0.202 e. The van der Waals surface area contributed by atoms with Gasteiger partial charge in [-0.05, 0) is 36.8 Å². The Balaban J connectivity index is 1.78. The maximum Gasteiger partial charge on any atom is 0.202 e. The van der Waals surface area contributed by atoms with Crippen molar-refractivity contribution in [3.8, 4) is 0 Å². The highest BCUT2D eigenvalue weighted by Gasteiger charge is 2.09. The second-order valence-electron chi connectivity index (χ2n) is 4.88. The number of rotatable bonds is 7. The molecule has 0 aromatic heterocycles. The van der Waals surface area contributed by atoms with Gasteiger partial charge in [0.05, 0.1) is 0 Å². The Hall–Kier alpha value is -1.89. The zero-order valence-corrected chi connectivity index (χ0v) is 11.1. The van der Waals surface area contributed by atoms with Gasteiger partial charge in [-0.1, -0.05) is 60.7 Å². The molecule has 0 spiro atoms. The molecular weight excluding hydrogens is 232 g/mol. The average Bonchev–Trinajstić information content (AvgIpc) is 2.48. The molecule has 1 radical (unpaired) electrons. The predicted octanol–water partition coefficient (Wildman–Crippen LogP) is 3.98. The second-order valence-corrected chi connectivity index (χ2v) is 4.88. The molecule has 2 rings (SSSR count).